The van der Waals surface area contributed by atoms with E-state index in [2.05, 4.69) is 10.6 Å². The van der Waals surface area contributed by atoms with Gasteiger partial charge in [0.1, 0.15) is 17.7 Å². The van der Waals surface area contributed by atoms with Crippen molar-refractivity contribution < 1.29 is 29.0 Å². The van der Waals surface area contributed by atoms with E-state index in [0.717, 1.165) is 5.56 Å². The molecule has 2 rings (SSSR count). The highest BCUT2D eigenvalue weighted by atomic mass is 16.6. The van der Waals surface area contributed by atoms with Gasteiger partial charge in [-0.05, 0) is 26.3 Å². The number of alkyl carbamates (subject to hydrolysis) is 1. The van der Waals surface area contributed by atoms with Gasteiger partial charge >= 0.3 is 12.1 Å². The molecule has 1 heterocycles. The van der Waals surface area contributed by atoms with Crippen LogP contribution in [0.15, 0.2) is 30.3 Å². The molecule has 152 valence electrons. The number of piperazine rings is 1. The van der Waals surface area contributed by atoms with Crippen LogP contribution in [0.2, 0.25) is 0 Å². The predicted molar refractivity (Wildman–Crippen MR) is 99.2 cm³/mol. The standard InChI is InChI=1S/C19H25N3O6/c1-19(2,3)28-18(27)20-10-14-16(25)21-13(9-15(23)24)17(26)22(14)11-12-7-5-4-6-8-12/h4-8,13-14H,9-11H2,1-3H3,(H,20,27)(H,21,25)(H,23,24)/t13-,14+/m0/s1. The van der Waals surface area contributed by atoms with Crippen molar-refractivity contribution in [1.82, 2.24) is 15.5 Å². The number of carboxylic acid groups (broad SMARTS) is 1. The maximum absolute atomic E-state index is 12.8. The fraction of sp³-hybridized carbons (Fsp3) is 0.474. The second-order valence-electron chi connectivity index (χ2n) is 7.51. The predicted octanol–water partition coefficient (Wildman–Crippen LogP) is 0.882. The van der Waals surface area contributed by atoms with E-state index in [1.54, 1.807) is 45.0 Å². The quantitative estimate of drug-likeness (QED) is 0.661. The lowest BCUT2D eigenvalue weighted by molar-refractivity contribution is -0.152. The van der Waals surface area contributed by atoms with Crippen LogP contribution in [0.3, 0.4) is 0 Å². The Hall–Kier alpha value is -3.10. The molecule has 3 amide bonds. The zero-order valence-electron chi connectivity index (χ0n) is 16.1. The highest BCUT2D eigenvalue weighted by Crippen LogP contribution is 2.17. The number of carbonyl (C=O) groups excluding carboxylic acids is 3. The van der Waals surface area contributed by atoms with E-state index in [9.17, 15) is 19.2 Å². The van der Waals surface area contributed by atoms with E-state index in [1.165, 1.54) is 4.90 Å². The van der Waals surface area contributed by atoms with E-state index < -0.39 is 48.0 Å². The summed E-state index contributed by atoms with van der Waals surface area (Å²) >= 11 is 0. The van der Waals surface area contributed by atoms with Gasteiger partial charge in [-0.3, -0.25) is 14.4 Å². The average molecular weight is 391 g/mol. The molecule has 0 bridgehead atoms. The van der Waals surface area contributed by atoms with Gasteiger partial charge in [0.25, 0.3) is 0 Å². The van der Waals surface area contributed by atoms with Gasteiger partial charge in [-0.2, -0.15) is 0 Å². The summed E-state index contributed by atoms with van der Waals surface area (Å²) in [6.45, 7) is 5.09. The fourth-order valence-corrected chi connectivity index (χ4v) is 2.80. The third-order valence-electron chi connectivity index (χ3n) is 3.99. The smallest absolute Gasteiger partial charge is 0.407 e. The Bertz CT molecular complexity index is 744. The number of carbonyl (C=O) groups is 4. The lowest BCUT2D eigenvalue weighted by Gasteiger charge is -2.38. The summed E-state index contributed by atoms with van der Waals surface area (Å²) in [6, 6.07) is 6.88. The van der Waals surface area contributed by atoms with Crippen LogP contribution in [0.25, 0.3) is 0 Å². The maximum Gasteiger partial charge on any atom is 0.407 e. The lowest BCUT2D eigenvalue weighted by atomic mass is 10.0. The van der Waals surface area contributed by atoms with Gasteiger partial charge in [-0.25, -0.2) is 4.79 Å². The van der Waals surface area contributed by atoms with Crippen molar-refractivity contribution in [2.24, 2.45) is 0 Å². The van der Waals surface area contributed by atoms with Crippen molar-refractivity contribution in [3.8, 4) is 0 Å². The molecule has 1 aromatic carbocycles. The first-order valence-electron chi connectivity index (χ1n) is 8.90. The number of hydrogen-bond donors (Lipinski definition) is 3. The zero-order chi connectivity index (χ0) is 20.9. The van der Waals surface area contributed by atoms with E-state index in [-0.39, 0.29) is 13.1 Å². The van der Waals surface area contributed by atoms with E-state index in [1.807, 2.05) is 6.07 Å². The molecular weight excluding hydrogens is 366 g/mol. The molecule has 1 aromatic rings. The first-order chi connectivity index (χ1) is 13.1. The van der Waals surface area contributed by atoms with E-state index in [4.69, 9.17) is 9.84 Å². The highest BCUT2D eigenvalue weighted by Gasteiger charge is 2.41. The van der Waals surface area contributed by atoms with Crippen LogP contribution in [0, 0.1) is 0 Å². The molecule has 28 heavy (non-hydrogen) atoms. The summed E-state index contributed by atoms with van der Waals surface area (Å²) in [5, 5.41) is 13.9. The summed E-state index contributed by atoms with van der Waals surface area (Å²) in [5.41, 5.74) is 0.0762. The lowest BCUT2D eigenvalue weighted by Crippen LogP contribution is -2.65. The number of nitrogens with zero attached hydrogens (tertiary/aromatic N) is 1. The minimum Gasteiger partial charge on any atom is -0.481 e. The maximum atomic E-state index is 12.8. The number of aliphatic carboxylic acids is 1. The molecular formula is C19H25N3O6. The summed E-state index contributed by atoms with van der Waals surface area (Å²) in [7, 11) is 0. The second kappa shape index (κ2) is 8.73. The van der Waals surface area contributed by atoms with Crippen LogP contribution >= 0.6 is 0 Å². The normalized spacial score (nSPS) is 19.8. The summed E-state index contributed by atoms with van der Waals surface area (Å²) in [5.74, 6) is -2.23. The molecule has 0 unspecified atom stereocenters. The first kappa shape index (κ1) is 21.2. The third-order valence-corrected chi connectivity index (χ3v) is 3.99. The van der Waals surface area contributed by atoms with Crippen LogP contribution in [-0.4, -0.2) is 58.1 Å². The van der Waals surface area contributed by atoms with Gasteiger partial charge in [0.15, 0.2) is 0 Å². The number of benzene rings is 1. The SMILES string of the molecule is CC(C)(C)OC(=O)NC[C@@H]1C(=O)N[C@@H](CC(=O)O)C(=O)N1Cc1ccccc1. The summed E-state index contributed by atoms with van der Waals surface area (Å²) in [6.07, 6.45) is -1.22. The first-order valence-corrected chi connectivity index (χ1v) is 8.90. The van der Waals surface area contributed by atoms with Crippen molar-refractivity contribution in [1.29, 1.82) is 0 Å². The fourth-order valence-electron chi connectivity index (χ4n) is 2.80. The van der Waals surface area contributed by atoms with Crippen molar-refractivity contribution in [2.75, 3.05) is 6.54 Å². The molecule has 1 aliphatic rings. The molecule has 2 atom stereocenters. The molecule has 9 heteroatoms. The van der Waals surface area contributed by atoms with E-state index >= 15 is 0 Å². The van der Waals surface area contributed by atoms with Crippen LogP contribution in [0.4, 0.5) is 4.79 Å². The summed E-state index contributed by atoms with van der Waals surface area (Å²) in [4.78, 5) is 49.6. The van der Waals surface area contributed by atoms with Crippen LogP contribution in [0.5, 0.6) is 0 Å². The Labute approximate surface area is 163 Å². The average Bonchev–Trinajstić information content (AvgIpc) is 2.57. The molecule has 3 N–H and O–H groups in total. The van der Waals surface area contributed by atoms with Gasteiger partial charge in [0.2, 0.25) is 11.8 Å². The van der Waals surface area contributed by atoms with Crippen LogP contribution in [0.1, 0.15) is 32.8 Å². The minimum absolute atomic E-state index is 0.115. The number of hydrogen-bond acceptors (Lipinski definition) is 5. The Morgan fingerprint density at radius 1 is 1.21 bits per heavy atom. The number of ether oxygens (including phenoxy) is 1. The highest BCUT2D eigenvalue weighted by molar-refractivity contribution is 5.98. The Morgan fingerprint density at radius 3 is 2.43 bits per heavy atom. The van der Waals surface area contributed by atoms with Gasteiger partial charge in [0.05, 0.1) is 13.0 Å². The van der Waals surface area contributed by atoms with Crippen molar-refractivity contribution >= 4 is 23.9 Å². The van der Waals surface area contributed by atoms with Crippen LogP contribution in [-0.2, 0) is 25.7 Å². The molecule has 0 saturated carbocycles. The van der Waals surface area contributed by atoms with Gasteiger partial charge < -0.3 is 25.4 Å². The van der Waals surface area contributed by atoms with Gasteiger partial charge in [-0.15, -0.1) is 0 Å². The van der Waals surface area contributed by atoms with E-state index in [0.29, 0.717) is 0 Å². The van der Waals surface area contributed by atoms with Crippen molar-refractivity contribution in [3.05, 3.63) is 35.9 Å². The molecule has 0 radical (unpaired) electrons. The summed E-state index contributed by atoms with van der Waals surface area (Å²) < 4.78 is 5.16. The van der Waals surface area contributed by atoms with Crippen molar-refractivity contribution in [3.63, 3.8) is 0 Å². The molecule has 9 nitrogen and oxygen atoms in total. The molecule has 0 spiro atoms. The number of carboxylic acids is 1. The number of rotatable bonds is 6. The molecule has 1 fully saturated rings. The largest absolute Gasteiger partial charge is 0.481 e. The van der Waals surface area contributed by atoms with Crippen LogP contribution < -0.4 is 10.6 Å². The van der Waals surface area contributed by atoms with Gasteiger partial charge in [-0.1, -0.05) is 30.3 Å². The molecule has 1 saturated heterocycles. The number of nitrogens with one attached hydrogen (secondary N) is 2. The number of amides is 3. The molecule has 0 aromatic heterocycles. The Kier molecular flexibility index (Phi) is 6.61. The third kappa shape index (κ3) is 5.97. The Morgan fingerprint density at radius 2 is 1.86 bits per heavy atom. The monoisotopic (exact) mass is 391 g/mol. The zero-order valence-corrected chi connectivity index (χ0v) is 16.1. The minimum atomic E-state index is -1.19. The molecule has 1 aliphatic heterocycles. The Balaban J connectivity index is 2.17. The topological polar surface area (TPSA) is 125 Å². The van der Waals surface area contributed by atoms with Crippen molar-refractivity contribution in [2.45, 2.75) is 51.4 Å². The van der Waals surface area contributed by atoms with Gasteiger partial charge in [0, 0.05) is 6.54 Å². The second-order valence-corrected chi connectivity index (χ2v) is 7.51. The molecule has 0 aliphatic carbocycles.